The lowest BCUT2D eigenvalue weighted by Gasteiger charge is -2.18. The minimum absolute atomic E-state index is 0.131. The topological polar surface area (TPSA) is 12.0 Å². The van der Waals surface area contributed by atoms with E-state index >= 15 is 0 Å². The maximum absolute atomic E-state index is 13.4. The fraction of sp³-hybridized carbons (Fsp3) is 0.286. The summed E-state index contributed by atoms with van der Waals surface area (Å²) < 4.78 is 27.4. The van der Waals surface area contributed by atoms with Gasteiger partial charge in [0.05, 0.1) is 6.04 Å². The summed E-state index contributed by atoms with van der Waals surface area (Å²) in [6, 6.07) is 5.94. The number of hydrogen-bond donors (Lipinski definition) is 1. The Hall–Kier alpha value is -0.780. The Balaban J connectivity index is 2.44. The van der Waals surface area contributed by atoms with Gasteiger partial charge >= 0.3 is 0 Å². The number of benzene rings is 1. The van der Waals surface area contributed by atoms with Crippen LogP contribution in [0.1, 0.15) is 28.3 Å². The molecule has 0 saturated carbocycles. The van der Waals surface area contributed by atoms with Crippen LogP contribution in [0.3, 0.4) is 0 Å². The van der Waals surface area contributed by atoms with Crippen LogP contribution < -0.4 is 5.32 Å². The Kier molecular flexibility index (Phi) is 4.71. The number of nitrogens with one attached hydrogen (secondary N) is 1. The molecule has 0 spiro atoms. The molecule has 0 radical (unpaired) electrons. The lowest BCUT2D eigenvalue weighted by atomic mass is 10.0. The third-order valence-electron chi connectivity index (χ3n) is 2.78. The SMILES string of the molecule is CCNC(c1ccc(F)c(F)c1)c1sc(C)cc1Br. The summed E-state index contributed by atoms with van der Waals surface area (Å²) >= 11 is 5.16. The van der Waals surface area contributed by atoms with Gasteiger partial charge in [-0.25, -0.2) is 8.78 Å². The summed E-state index contributed by atoms with van der Waals surface area (Å²) in [4.78, 5) is 2.25. The van der Waals surface area contributed by atoms with Gasteiger partial charge < -0.3 is 5.32 Å². The number of halogens is 3. The van der Waals surface area contributed by atoms with Gasteiger partial charge in [0, 0.05) is 14.2 Å². The van der Waals surface area contributed by atoms with Crippen LogP contribution in [0.5, 0.6) is 0 Å². The Bertz CT molecular complexity index is 583. The summed E-state index contributed by atoms with van der Waals surface area (Å²) in [5, 5.41) is 3.31. The Morgan fingerprint density at radius 2 is 2.00 bits per heavy atom. The molecule has 1 nitrogen and oxygen atoms in total. The van der Waals surface area contributed by atoms with Crippen LogP contribution in [0, 0.1) is 18.6 Å². The Morgan fingerprint density at radius 1 is 1.26 bits per heavy atom. The van der Waals surface area contributed by atoms with Crippen LogP contribution in [0.25, 0.3) is 0 Å². The van der Waals surface area contributed by atoms with Gasteiger partial charge in [-0.1, -0.05) is 13.0 Å². The average molecular weight is 346 g/mol. The van der Waals surface area contributed by atoms with E-state index in [-0.39, 0.29) is 6.04 Å². The first kappa shape index (κ1) is 14.6. The molecule has 1 atom stereocenters. The van der Waals surface area contributed by atoms with E-state index in [0.717, 1.165) is 21.5 Å². The van der Waals surface area contributed by atoms with E-state index in [1.807, 2.05) is 19.9 Å². The van der Waals surface area contributed by atoms with Crippen LogP contribution in [0.15, 0.2) is 28.7 Å². The zero-order valence-corrected chi connectivity index (χ0v) is 13.0. The highest BCUT2D eigenvalue weighted by atomic mass is 79.9. The van der Waals surface area contributed by atoms with E-state index in [4.69, 9.17) is 0 Å². The molecule has 5 heteroatoms. The summed E-state index contributed by atoms with van der Waals surface area (Å²) in [6.07, 6.45) is 0. The van der Waals surface area contributed by atoms with Gasteiger partial charge in [0.2, 0.25) is 0 Å². The van der Waals surface area contributed by atoms with Crippen LogP contribution >= 0.6 is 27.3 Å². The molecule has 1 unspecified atom stereocenters. The second kappa shape index (κ2) is 6.11. The molecule has 0 aliphatic rings. The molecule has 0 bridgehead atoms. The summed E-state index contributed by atoms with van der Waals surface area (Å²) in [5.74, 6) is -1.63. The molecule has 0 amide bonds. The molecule has 2 rings (SSSR count). The molecule has 1 N–H and O–H groups in total. The summed E-state index contributed by atoms with van der Waals surface area (Å²) in [7, 11) is 0. The maximum atomic E-state index is 13.4. The highest BCUT2D eigenvalue weighted by Crippen LogP contribution is 2.35. The first-order valence-corrected chi connectivity index (χ1v) is 7.58. The van der Waals surface area contributed by atoms with Crippen molar-refractivity contribution >= 4 is 27.3 Å². The molecule has 0 saturated heterocycles. The van der Waals surface area contributed by atoms with Gasteiger partial charge in [0.25, 0.3) is 0 Å². The van der Waals surface area contributed by atoms with Gasteiger partial charge in [-0.15, -0.1) is 11.3 Å². The second-order valence-corrected chi connectivity index (χ2v) is 6.38. The van der Waals surface area contributed by atoms with Gasteiger partial charge in [0.15, 0.2) is 11.6 Å². The van der Waals surface area contributed by atoms with Crippen molar-refractivity contribution in [1.29, 1.82) is 0 Å². The summed E-state index contributed by atoms with van der Waals surface area (Å²) in [5.41, 5.74) is 0.725. The first-order chi connectivity index (χ1) is 9.02. The quantitative estimate of drug-likeness (QED) is 0.839. The fourth-order valence-electron chi connectivity index (χ4n) is 1.96. The van der Waals surface area contributed by atoms with E-state index < -0.39 is 11.6 Å². The minimum atomic E-state index is -0.819. The highest BCUT2D eigenvalue weighted by molar-refractivity contribution is 9.10. The Labute approximate surface area is 123 Å². The number of rotatable bonds is 4. The van der Waals surface area contributed by atoms with Crippen molar-refractivity contribution < 1.29 is 8.78 Å². The monoisotopic (exact) mass is 345 g/mol. The van der Waals surface area contributed by atoms with E-state index in [9.17, 15) is 8.78 Å². The van der Waals surface area contributed by atoms with Crippen LogP contribution in [-0.4, -0.2) is 6.54 Å². The normalized spacial score (nSPS) is 12.7. The molecule has 1 aromatic heterocycles. The number of thiophene rings is 1. The van der Waals surface area contributed by atoms with E-state index in [2.05, 4.69) is 21.2 Å². The van der Waals surface area contributed by atoms with Gasteiger partial charge in [0.1, 0.15) is 0 Å². The van der Waals surface area contributed by atoms with Crippen LogP contribution in [0.2, 0.25) is 0 Å². The molecule has 0 aliphatic carbocycles. The van der Waals surface area contributed by atoms with Gasteiger partial charge in [-0.2, -0.15) is 0 Å². The van der Waals surface area contributed by atoms with Gasteiger partial charge in [-0.05, 0) is 53.2 Å². The molecule has 102 valence electrons. The predicted molar refractivity (Wildman–Crippen MR) is 78.6 cm³/mol. The zero-order valence-electron chi connectivity index (χ0n) is 10.6. The third-order valence-corrected chi connectivity index (χ3v) is 4.82. The average Bonchev–Trinajstić information content (AvgIpc) is 2.69. The number of aryl methyl sites for hydroxylation is 1. The van der Waals surface area contributed by atoms with Gasteiger partial charge in [-0.3, -0.25) is 0 Å². The number of hydrogen-bond acceptors (Lipinski definition) is 2. The molecule has 1 aromatic carbocycles. The molecule has 1 heterocycles. The standard InChI is InChI=1S/C14H14BrF2NS/c1-3-18-13(14-10(15)6-8(2)19-14)9-4-5-11(16)12(17)7-9/h4-7,13,18H,3H2,1-2H3. The third kappa shape index (κ3) is 3.22. The molecular formula is C14H14BrF2NS. The molecule has 0 aliphatic heterocycles. The van der Waals surface area contributed by atoms with Crippen molar-refractivity contribution in [2.24, 2.45) is 0 Å². The minimum Gasteiger partial charge on any atom is -0.306 e. The largest absolute Gasteiger partial charge is 0.306 e. The summed E-state index contributed by atoms with van der Waals surface area (Å²) in [6.45, 7) is 4.75. The van der Waals surface area contributed by atoms with Crippen molar-refractivity contribution in [2.75, 3.05) is 6.54 Å². The lowest BCUT2D eigenvalue weighted by molar-refractivity contribution is 0.504. The van der Waals surface area contributed by atoms with E-state index in [1.165, 1.54) is 17.0 Å². The van der Waals surface area contributed by atoms with Crippen LogP contribution in [-0.2, 0) is 0 Å². The van der Waals surface area contributed by atoms with Crippen molar-refractivity contribution in [3.8, 4) is 0 Å². The second-order valence-electron chi connectivity index (χ2n) is 4.23. The predicted octanol–water partition coefficient (Wildman–Crippen LogP) is 4.80. The van der Waals surface area contributed by atoms with Crippen molar-refractivity contribution in [1.82, 2.24) is 5.32 Å². The molecule has 0 fully saturated rings. The van der Waals surface area contributed by atoms with Crippen molar-refractivity contribution in [3.05, 3.63) is 55.7 Å². The lowest BCUT2D eigenvalue weighted by Crippen LogP contribution is -2.21. The van der Waals surface area contributed by atoms with E-state index in [0.29, 0.717) is 0 Å². The van der Waals surface area contributed by atoms with Crippen molar-refractivity contribution in [2.45, 2.75) is 19.9 Å². The first-order valence-electron chi connectivity index (χ1n) is 5.97. The maximum Gasteiger partial charge on any atom is 0.159 e. The highest BCUT2D eigenvalue weighted by Gasteiger charge is 2.19. The fourth-order valence-corrected chi connectivity index (χ4v) is 3.94. The van der Waals surface area contributed by atoms with Crippen LogP contribution in [0.4, 0.5) is 8.78 Å². The van der Waals surface area contributed by atoms with E-state index in [1.54, 1.807) is 17.4 Å². The molecular weight excluding hydrogens is 332 g/mol. The smallest absolute Gasteiger partial charge is 0.159 e. The molecule has 2 aromatic rings. The van der Waals surface area contributed by atoms with Crippen molar-refractivity contribution in [3.63, 3.8) is 0 Å². The molecule has 19 heavy (non-hydrogen) atoms. The Morgan fingerprint density at radius 3 is 2.53 bits per heavy atom. The zero-order chi connectivity index (χ0) is 14.0.